The van der Waals surface area contributed by atoms with Crippen LogP contribution in [0, 0.1) is 0 Å². The molecular formula is C14H23N3O2S. The van der Waals surface area contributed by atoms with Gasteiger partial charge in [-0.25, -0.2) is 4.98 Å². The van der Waals surface area contributed by atoms with Gasteiger partial charge < -0.3 is 14.7 Å². The van der Waals surface area contributed by atoms with Crippen LogP contribution in [0.1, 0.15) is 29.8 Å². The van der Waals surface area contributed by atoms with Crippen molar-refractivity contribution >= 4 is 16.5 Å². The molecule has 2 atom stereocenters. The van der Waals surface area contributed by atoms with Crippen molar-refractivity contribution in [2.24, 2.45) is 0 Å². The Bertz CT molecular complexity index is 465. The number of methoxy groups -OCH3 is 1. The molecule has 112 valence electrons. The Balaban J connectivity index is 1.79. The van der Waals surface area contributed by atoms with E-state index in [1.165, 1.54) is 19.3 Å². The van der Waals surface area contributed by atoms with Crippen LogP contribution in [0.15, 0.2) is 0 Å². The van der Waals surface area contributed by atoms with Crippen LogP contribution in [-0.4, -0.2) is 54.3 Å². The van der Waals surface area contributed by atoms with E-state index in [0.29, 0.717) is 12.6 Å². The Morgan fingerprint density at radius 1 is 1.35 bits per heavy atom. The second-order valence-electron chi connectivity index (χ2n) is 5.74. The monoisotopic (exact) mass is 297 g/mol. The van der Waals surface area contributed by atoms with E-state index in [-0.39, 0.29) is 6.61 Å². The Morgan fingerprint density at radius 2 is 2.15 bits per heavy atom. The fourth-order valence-corrected chi connectivity index (χ4v) is 4.32. The van der Waals surface area contributed by atoms with Crippen molar-refractivity contribution in [1.29, 1.82) is 0 Å². The highest BCUT2D eigenvalue weighted by Gasteiger charge is 2.35. The number of nitrogens with zero attached hydrogens (tertiary/aromatic N) is 3. The maximum atomic E-state index is 9.45. The van der Waals surface area contributed by atoms with Crippen LogP contribution in [0.2, 0.25) is 0 Å². The third kappa shape index (κ3) is 2.57. The van der Waals surface area contributed by atoms with Crippen molar-refractivity contribution < 1.29 is 9.84 Å². The molecule has 0 spiro atoms. The molecule has 20 heavy (non-hydrogen) atoms. The number of fused-ring (bicyclic) bond motifs is 2. The number of hydrogen-bond acceptors (Lipinski definition) is 6. The number of thiazole rings is 1. The summed E-state index contributed by atoms with van der Waals surface area (Å²) in [4.78, 5) is 10.6. The molecule has 3 rings (SSSR count). The summed E-state index contributed by atoms with van der Waals surface area (Å²) in [6.45, 7) is 2.65. The molecule has 1 N–H and O–H groups in total. The fraction of sp³-hybridized carbons (Fsp3) is 0.786. The van der Waals surface area contributed by atoms with Gasteiger partial charge in [0.1, 0.15) is 0 Å². The zero-order valence-corrected chi connectivity index (χ0v) is 13.0. The van der Waals surface area contributed by atoms with E-state index < -0.39 is 0 Å². The molecule has 1 aromatic rings. The van der Waals surface area contributed by atoms with Crippen LogP contribution >= 0.6 is 11.3 Å². The van der Waals surface area contributed by atoms with Gasteiger partial charge >= 0.3 is 0 Å². The lowest BCUT2D eigenvalue weighted by Gasteiger charge is -2.25. The van der Waals surface area contributed by atoms with Gasteiger partial charge in [-0.05, 0) is 26.3 Å². The largest absolute Gasteiger partial charge is 0.391 e. The molecule has 1 aromatic heterocycles. The smallest absolute Gasteiger partial charge is 0.186 e. The van der Waals surface area contributed by atoms with E-state index in [9.17, 15) is 5.11 Å². The second kappa shape index (κ2) is 5.97. The first-order valence-corrected chi connectivity index (χ1v) is 8.09. The van der Waals surface area contributed by atoms with E-state index in [0.717, 1.165) is 34.8 Å². The number of aliphatic hydroxyl groups is 1. The van der Waals surface area contributed by atoms with Gasteiger partial charge in [0.25, 0.3) is 0 Å². The number of aromatic nitrogens is 1. The minimum Gasteiger partial charge on any atom is -0.391 e. The SMILES string of the molecule is COCc1nc(N2CCC3CCC(C2)N3C)sc1CO. The molecule has 0 amide bonds. The number of likely N-dealkylation sites (N-methyl/N-ethyl adjacent to an activating group) is 1. The van der Waals surface area contributed by atoms with E-state index >= 15 is 0 Å². The lowest BCUT2D eigenvalue weighted by molar-refractivity contribution is 0.179. The Kier molecular flexibility index (Phi) is 4.26. The van der Waals surface area contributed by atoms with Gasteiger partial charge in [0.05, 0.1) is 23.8 Å². The van der Waals surface area contributed by atoms with Gasteiger partial charge in [0, 0.05) is 32.3 Å². The predicted molar refractivity (Wildman–Crippen MR) is 80.2 cm³/mol. The standard InChI is InChI=1S/C14H23N3O2S/c1-16-10-3-4-11(16)7-17(6-5-10)14-15-12(9-19-2)13(8-18)20-14/h10-11,18H,3-9H2,1-2H3. The van der Waals surface area contributed by atoms with Gasteiger partial charge in [0.15, 0.2) is 5.13 Å². The Morgan fingerprint density at radius 3 is 2.90 bits per heavy atom. The van der Waals surface area contributed by atoms with E-state index in [1.54, 1.807) is 18.4 Å². The highest BCUT2D eigenvalue weighted by atomic mass is 32.1. The topological polar surface area (TPSA) is 48.8 Å². The van der Waals surface area contributed by atoms with Crippen LogP contribution in [0.25, 0.3) is 0 Å². The average molecular weight is 297 g/mol. The van der Waals surface area contributed by atoms with Gasteiger partial charge in [-0.1, -0.05) is 11.3 Å². The molecule has 2 aliphatic heterocycles. The van der Waals surface area contributed by atoms with Crippen molar-refractivity contribution in [3.8, 4) is 0 Å². The summed E-state index contributed by atoms with van der Waals surface area (Å²) in [7, 11) is 3.92. The number of rotatable bonds is 4. The van der Waals surface area contributed by atoms with Crippen LogP contribution < -0.4 is 4.90 Å². The summed E-state index contributed by atoms with van der Waals surface area (Å²) < 4.78 is 5.17. The normalized spacial score (nSPS) is 27.1. The molecule has 6 heteroatoms. The van der Waals surface area contributed by atoms with Crippen molar-refractivity contribution in [2.45, 2.75) is 44.6 Å². The molecular weight excluding hydrogens is 274 g/mol. The van der Waals surface area contributed by atoms with Gasteiger partial charge in [-0.2, -0.15) is 0 Å². The Labute approximate surface area is 124 Å². The molecule has 5 nitrogen and oxygen atoms in total. The summed E-state index contributed by atoms with van der Waals surface area (Å²) in [5.74, 6) is 0. The fourth-order valence-electron chi connectivity index (χ4n) is 3.36. The number of aliphatic hydroxyl groups excluding tert-OH is 1. The number of ether oxygens (including phenoxy) is 1. The average Bonchev–Trinajstić information content (AvgIpc) is 2.92. The third-order valence-corrected chi connectivity index (χ3v) is 5.75. The van der Waals surface area contributed by atoms with Gasteiger partial charge in [-0.3, -0.25) is 4.90 Å². The number of anilines is 1. The molecule has 0 radical (unpaired) electrons. The lowest BCUT2D eigenvalue weighted by atomic mass is 10.1. The van der Waals surface area contributed by atoms with E-state index in [1.807, 2.05) is 0 Å². The van der Waals surface area contributed by atoms with Gasteiger partial charge in [0.2, 0.25) is 0 Å². The van der Waals surface area contributed by atoms with Crippen LogP contribution in [0.5, 0.6) is 0 Å². The van der Waals surface area contributed by atoms with Crippen molar-refractivity contribution in [3.05, 3.63) is 10.6 Å². The van der Waals surface area contributed by atoms with Crippen molar-refractivity contribution in [1.82, 2.24) is 9.88 Å². The number of hydrogen-bond donors (Lipinski definition) is 1. The van der Waals surface area contributed by atoms with Crippen LogP contribution in [0.3, 0.4) is 0 Å². The summed E-state index contributed by atoms with van der Waals surface area (Å²) in [6.07, 6.45) is 3.84. The first-order chi connectivity index (χ1) is 9.72. The minimum absolute atomic E-state index is 0.0517. The maximum Gasteiger partial charge on any atom is 0.186 e. The molecule has 2 aliphatic rings. The zero-order chi connectivity index (χ0) is 14.1. The van der Waals surface area contributed by atoms with Crippen molar-refractivity contribution in [2.75, 3.05) is 32.1 Å². The second-order valence-corrected chi connectivity index (χ2v) is 6.80. The van der Waals surface area contributed by atoms with Crippen LogP contribution in [-0.2, 0) is 18.0 Å². The van der Waals surface area contributed by atoms with E-state index in [4.69, 9.17) is 4.74 Å². The highest BCUT2D eigenvalue weighted by Crippen LogP contribution is 2.33. The van der Waals surface area contributed by atoms with Gasteiger partial charge in [-0.15, -0.1) is 0 Å². The molecule has 3 heterocycles. The molecule has 2 fully saturated rings. The summed E-state index contributed by atoms with van der Waals surface area (Å²) >= 11 is 1.61. The summed E-state index contributed by atoms with van der Waals surface area (Å²) in [6, 6.07) is 1.38. The zero-order valence-electron chi connectivity index (χ0n) is 12.2. The minimum atomic E-state index is 0.0517. The Hall–Kier alpha value is -0.690. The highest BCUT2D eigenvalue weighted by molar-refractivity contribution is 7.15. The molecule has 2 saturated heterocycles. The first-order valence-electron chi connectivity index (χ1n) is 7.28. The maximum absolute atomic E-state index is 9.45. The van der Waals surface area contributed by atoms with Crippen LogP contribution in [0.4, 0.5) is 5.13 Å². The van der Waals surface area contributed by atoms with E-state index in [2.05, 4.69) is 21.8 Å². The molecule has 2 bridgehead atoms. The molecule has 0 saturated carbocycles. The quantitative estimate of drug-likeness (QED) is 0.911. The summed E-state index contributed by atoms with van der Waals surface area (Å²) in [5, 5.41) is 10.5. The first kappa shape index (κ1) is 14.3. The molecule has 0 aromatic carbocycles. The predicted octanol–water partition coefficient (Wildman–Crippen LogP) is 1.45. The third-order valence-electron chi connectivity index (χ3n) is 4.61. The molecule has 0 aliphatic carbocycles. The summed E-state index contributed by atoms with van der Waals surface area (Å²) in [5.41, 5.74) is 0.887. The molecule has 2 unspecified atom stereocenters. The van der Waals surface area contributed by atoms with Crippen molar-refractivity contribution in [3.63, 3.8) is 0 Å². The lowest BCUT2D eigenvalue weighted by Crippen LogP contribution is -2.36.